The van der Waals surface area contributed by atoms with Gasteiger partial charge in [0, 0.05) is 53.5 Å². The largest absolute Gasteiger partial charge is 0.385 e. The summed E-state index contributed by atoms with van der Waals surface area (Å²) in [6.45, 7) is 6.71. The van der Waals surface area contributed by atoms with Crippen molar-refractivity contribution in [3.05, 3.63) is 35.9 Å². The Bertz CT molecular complexity index is 480. The minimum Gasteiger partial charge on any atom is -0.385 e. The summed E-state index contributed by atoms with van der Waals surface area (Å²) >= 11 is 0. The molecular formula is C20H37N5O. The molecule has 1 rings (SSSR count). The molecule has 1 aromatic carbocycles. The maximum atomic E-state index is 5.08. The molecule has 0 saturated heterocycles. The fourth-order valence-electron chi connectivity index (χ4n) is 2.71. The lowest BCUT2D eigenvalue weighted by atomic mass is 10.2. The summed E-state index contributed by atoms with van der Waals surface area (Å²) in [7, 11) is 7.87. The molecule has 0 aliphatic heterocycles. The number of guanidine groups is 1. The molecule has 148 valence electrons. The number of methoxy groups -OCH3 is 1. The molecule has 26 heavy (non-hydrogen) atoms. The van der Waals surface area contributed by atoms with E-state index < -0.39 is 0 Å². The standard InChI is InChI=1S/C20H37N5O/c1-21-20(23-13-16-24(2)15-9-17-26-4)22-12-8-14-25(3)18-19-10-6-5-7-11-19/h5-7,10-11H,8-9,12-18H2,1-4H3,(H2,21,22,23). The molecule has 0 fully saturated rings. The molecule has 1 aromatic rings. The van der Waals surface area contributed by atoms with Crippen LogP contribution in [0.15, 0.2) is 35.3 Å². The van der Waals surface area contributed by atoms with Crippen molar-refractivity contribution in [2.24, 2.45) is 4.99 Å². The molecule has 0 aliphatic rings. The van der Waals surface area contributed by atoms with Crippen LogP contribution in [-0.2, 0) is 11.3 Å². The lowest BCUT2D eigenvalue weighted by Crippen LogP contribution is -2.41. The van der Waals surface area contributed by atoms with Gasteiger partial charge < -0.3 is 25.2 Å². The minimum absolute atomic E-state index is 0.819. The first-order valence-corrected chi connectivity index (χ1v) is 9.50. The number of nitrogens with one attached hydrogen (secondary N) is 2. The van der Waals surface area contributed by atoms with Crippen molar-refractivity contribution >= 4 is 5.96 Å². The third-order valence-electron chi connectivity index (χ3n) is 4.20. The van der Waals surface area contributed by atoms with E-state index >= 15 is 0 Å². The number of ether oxygens (including phenoxy) is 1. The quantitative estimate of drug-likeness (QED) is 0.317. The second-order valence-corrected chi connectivity index (χ2v) is 6.65. The summed E-state index contributed by atoms with van der Waals surface area (Å²) < 4.78 is 5.08. The van der Waals surface area contributed by atoms with Gasteiger partial charge in [0.05, 0.1) is 0 Å². The lowest BCUT2D eigenvalue weighted by Gasteiger charge is -2.19. The number of likely N-dealkylation sites (N-methyl/N-ethyl adjacent to an activating group) is 1. The van der Waals surface area contributed by atoms with E-state index in [0.717, 1.165) is 64.7 Å². The van der Waals surface area contributed by atoms with Crippen molar-refractivity contribution in [3.63, 3.8) is 0 Å². The van der Waals surface area contributed by atoms with Gasteiger partial charge in [0.2, 0.25) is 0 Å². The third kappa shape index (κ3) is 11.1. The Kier molecular flexibility index (Phi) is 12.5. The first kappa shape index (κ1) is 22.4. The van der Waals surface area contributed by atoms with Crippen LogP contribution in [0, 0.1) is 0 Å². The maximum Gasteiger partial charge on any atom is 0.191 e. The van der Waals surface area contributed by atoms with Crippen LogP contribution in [0.2, 0.25) is 0 Å². The zero-order valence-electron chi connectivity index (χ0n) is 17.0. The van der Waals surface area contributed by atoms with E-state index in [2.05, 4.69) is 69.9 Å². The van der Waals surface area contributed by atoms with Crippen LogP contribution >= 0.6 is 0 Å². The van der Waals surface area contributed by atoms with E-state index in [1.165, 1.54) is 5.56 Å². The lowest BCUT2D eigenvalue weighted by molar-refractivity contribution is 0.180. The van der Waals surface area contributed by atoms with Crippen molar-refractivity contribution in [2.75, 3.05) is 67.6 Å². The average molecular weight is 364 g/mol. The van der Waals surface area contributed by atoms with E-state index in [4.69, 9.17) is 4.74 Å². The highest BCUT2D eigenvalue weighted by molar-refractivity contribution is 5.79. The minimum atomic E-state index is 0.819. The first-order valence-electron chi connectivity index (χ1n) is 9.50. The SMILES string of the molecule is CN=C(NCCCN(C)Cc1ccccc1)NCCN(C)CCCOC. The molecule has 0 atom stereocenters. The highest BCUT2D eigenvalue weighted by atomic mass is 16.5. The van der Waals surface area contributed by atoms with Gasteiger partial charge in [0.1, 0.15) is 0 Å². The van der Waals surface area contributed by atoms with Gasteiger partial charge in [-0.2, -0.15) is 0 Å². The summed E-state index contributed by atoms with van der Waals surface area (Å²) in [4.78, 5) is 8.94. The van der Waals surface area contributed by atoms with Crippen LogP contribution in [0.1, 0.15) is 18.4 Å². The van der Waals surface area contributed by atoms with Crippen LogP contribution in [0.25, 0.3) is 0 Å². The van der Waals surface area contributed by atoms with E-state index in [1.807, 2.05) is 7.05 Å². The fraction of sp³-hybridized carbons (Fsp3) is 0.650. The highest BCUT2D eigenvalue weighted by Crippen LogP contribution is 2.02. The summed E-state index contributed by atoms with van der Waals surface area (Å²) in [6.07, 6.45) is 2.15. The van der Waals surface area contributed by atoms with E-state index in [1.54, 1.807) is 7.11 Å². The number of aliphatic imine (C=N–C) groups is 1. The Labute approximate surface area is 159 Å². The number of benzene rings is 1. The van der Waals surface area contributed by atoms with Gasteiger partial charge in [-0.3, -0.25) is 4.99 Å². The molecule has 0 heterocycles. The van der Waals surface area contributed by atoms with Crippen molar-refractivity contribution in [1.29, 1.82) is 0 Å². The van der Waals surface area contributed by atoms with Crippen molar-refractivity contribution in [3.8, 4) is 0 Å². The number of hydrogen-bond acceptors (Lipinski definition) is 4. The molecule has 0 aromatic heterocycles. The van der Waals surface area contributed by atoms with E-state index in [9.17, 15) is 0 Å². The van der Waals surface area contributed by atoms with Crippen LogP contribution in [-0.4, -0.2) is 83.3 Å². The molecule has 6 heteroatoms. The Balaban J connectivity index is 2.08. The number of hydrogen-bond donors (Lipinski definition) is 2. The third-order valence-corrected chi connectivity index (χ3v) is 4.20. The van der Waals surface area contributed by atoms with E-state index in [0.29, 0.717) is 0 Å². The Hall–Kier alpha value is -1.63. The van der Waals surface area contributed by atoms with Gasteiger partial charge >= 0.3 is 0 Å². The molecule has 2 N–H and O–H groups in total. The average Bonchev–Trinajstić information content (AvgIpc) is 2.64. The van der Waals surface area contributed by atoms with E-state index in [-0.39, 0.29) is 0 Å². The van der Waals surface area contributed by atoms with Crippen LogP contribution < -0.4 is 10.6 Å². The molecule has 0 spiro atoms. The summed E-state index contributed by atoms with van der Waals surface area (Å²) in [6, 6.07) is 10.6. The van der Waals surface area contributed by atoms with Crippen molar-refractivity contribution in [2.45, 2.75) is 19.4 Å². The van der Waals surface area contributed by atoms with Crippen molar-refractivity contribution < 1.29 is 4.74 Å². The fourth-order valence-corrected chi connectivity index (χ4v) is 2.71. The Morgan fingerprint density at radius 2 is 1.65 bits per heavy atom. The monoisotopic (exact) mass is 363 g/mol. The molecule has 0 aliphatic carbocycles. The molecule has 0 radical (unpaired) electrons. The Morgan fingerprint density at radius 3 is 2.35 bits per heavy atom. The smallest absolute Gasteiger partial charge is 0.191 e. The second-order valence-electron chi connectivity index (χ2n) is 6.65. The second kappa shape index (κ2) is 14.5. The first-order chi connectivity index (χ1) is 12.7. The van der Waals surface area contributed by atoms with Crippen LogP contribution in [0.5, 0.6) is 0 Å². The predicted molar refractivity (Wildman–Crippen MR) is 111 cm³/mol. The zero-order valence-corrected chi connectivity index (χ0v) is 17.0. The molecule has 0 saturated carbocycles. The van der Waals surface area contributed by atoms with Gasteiger partial charge in [-0.25, -0.2) is 0 Å². The van der Waals surface area contributed by atoms with Gasteiger partial charge in [-0.15, -0.1) is 0 Å². The van der Waals surface area contributed by atoms with Gasteiger partial charge in [0.25, 0.3) is 0 Å². The topological polar surface area (TPSA) is 52.1 Å². The highest BCUT2D eigenvalue weighted by Gasteiger charge is 2.02. The molecule has 0 unspecified atom stereocenters. The van der Waals surface area contributed by atoms with Crippen LogP contribution in [0.4, 0.5) is 0 Å². The van der Waals surface area contributed by atoms with Gasteiger partial charge in [-0.05, 0) is 39.0 Å². The number of nitrogens with zero attached hydrogens (tertiary/aromatic N) is 3. The summed E-state index contributed by atoms with van der Waals surface area (Å²) in [5, 5.41) is 6.76. The van der Waals surface area contributed by atoms with Gasteiger partial charge in [0.15, 0.2) is 5.96 Å². The predicted octanol–water partition coefficient (Wildman–Crippen LogP) is 1.64. The summed E-state index contributed by atoms with van der Waals surface area (Å²) in [5.41, 5.74) is 1.36. The molecule has 0 bridgehead atoms. The normalized spacial score (nSPS) is 12.0. The molecule has 0 amide bonds. The summed E-state index contributed by atoms with van der Waals surface area (Å²) in [5.74, 6) is 0.876. The molecule has 6 nitrogen and oxygen atoms in total. The maximum absolute atomic E-state index is 5.08. The Morgan fingerprint density at radius 1 is 0.962 bits per heavy atom. The zero-order chi connectivity index (χ0) is 19.0. The van der Waals surface area contributed by atoms with Crippen LogP contribution in [0.3, 0.4) is 0 Å². The van der Waals surface area contributed by atoms with Gasteiger partial charge in [-0.1, -0.05) is 30.3 Å². The molecular weight excluding hydrogens is 326 g/mol. The number of rotatable bonds is 13. The van der Waals surface area contributed by atoms with Crippen molar-refractivity contribution in [1.82, 2.24) is 20.4 Å².